The Morgan fingerprint density at radius 2 is 1.65 bits per heavy atom. The van der Waals surface area contributed by atoms with Crippen molar-refractivity contribution in [1.29, 1.82) is 0 Å². The summed E-state index contributed by atoms with van der Waals surface area (Å²) in [4.78, 5) is 0.273. The van der Waals surface area contributed by atoms with Gasteiger partial charge >= 0.3 is 0 Å². The monoisotopic (exact) mass is 370 g/mol. The molecular weight excluding hydrogens is 351 g/mol. The van der Waals surface area contributed by atoms with E-state index in [9.17, 15) is 12.8 Å². The lowest BCUT2D eigenvalue weighted by atomic mass is 10.0. The van der Waals surface area contributed by atoms with Crippen LogP contribution in [0.3, 0.4) is 0 Å². The number of hydrogen-bond acceptors (Lipinski definition) is 2. The summed E-state index contributed by atoms with van der Waals surface area (Å²) >= 11 is 0. The largest absolute Gasteiger partial charge is 0.348 e. The minimum absolute atomic E-state index is 0.273. The molecule has 1 aromatic heterocycles. The highest BCUT2D eigenvalue weighted by Gasteiger charge is 2.37. The van der Waals surface area contributed by atoms with Crippen molar-refractivity contribution < 1.29 is 12.8 Å². The van der Waals surface area contributed by atoms with E-state index in [2.05, 4.69) is 4.57 Å². The van der Waals surface area contributed by atoms with E-state index in [1.54, 1.807) is 36.4 Å². The zero-order valence-corrected chi connectivity index (χ0v) is 15.2. The molecule has 4 nitrogen and oxygen atoms in total. The molecule has 1 atom stereocenters. The average Bonchev–Trinajstić information content (AvgIpc) is 3.11. The van der Waals surface area contributed by atoms with E-state index in [-0.39, 0.29) is 10.7 Å². The summed E-state index contributed by atoms with van der Waals surface area (Å²) in [5, 5.41) is 0. The first kappa shape index (κ1) is 17.0. The van der Waals surface area contributed by atoms with Crippen molar-refractivity contribution in [2.45, 2.75) is 24.4 Å². The van der Waals surface area contributed by atoms with Crippen LogP contribution in [0.5, 0.6) is 0 Å². The lowest BCUT2D eigenvalue weighted by Crippen LogP contribution is -2.42. The minimum Gasteiger partial charge on any atom is -0.348 e. The maximum atomic E-state index is 13.4. The normalized spacial score (nSPS) is 17.8. The Morgan fingerprint density at radius 1 is 0.962 bits per heavy atom. The zero-order valence-electron chi connectivity index (χ0n) is 14.3. The fourth-order valence-electron chi connectivity index (χ4n) is 3.45. The predicted molar refractivity (Wildman–Crippen MR) is 97.7 cm³/mol. The van der Waals surface area contributed by atoms with E-state index < -0.39 is 16.1 Å². The maximum absolute atomic E-state index is 13.4. The summed E-state index contributed by atoms with van der Waals surface area (Å²) in [7, 11) is -3.68. The van der Waals surface area contributed by atoms with Gasteiger partial charge in [0.1, 0.15) is 5.82 Å². The third kappa shape index (κ3) is 2.85. The Kier molecular flexibility index (Phi) is 4.17. The highest BCUT2D eigenvalue weighted by Crippen LogP contribution is 2.36. The maximum Gasteiger partial charge on any atom is 0.244 e. The molecule has 0 unspecified atom stereocenters. The van der Waals surface area contributed by atoms with E-state index in [1.807, 2.05) is 25.3 Å². The lowest BCUT2D eigenvalue weighted by molar-refractivity contribution is 0.298. The van der Waals surface area contributed by atoms with Gasteiger partial charge < -0.3 is 4.57 Å². The summed E-state index contributed by atoms with van der Waals surface area (Å²) in [5.41, 5.74) is 2.65. The van der Waals surface area contributed by atoms with Crippen LogP contribution >= 0.6 is 0 Å². The highest BCUT2D eigenvalue weighted by molar-refractivity contribution is 7.89. The van der Waals surface area contributed by atoms with Crippen LogP contribution in [-0.2, 0) is 16.6 Å². The van der Waals surface area contributed by atoms with Crippen LogP contribution in [-0.4, -0.2) is 23.8 Å². The van der Waals surface area contributed by atoms with Crippen LogP contribution in [0.25, 0.3) is 0 Å². The fourth-order valence-corrected chi connectivity index (χ4v) is 5.03. The molecule has 0 N–H and O–H groups in total. The molecule has 1 aliphatic heterocycles. The second-order valence-corrected chi connectivity index (χ2v) is 8.40. The third-order valence-corrected chi connectivity index (χ3v) is 6.69. The SMILES string of the molecule is Cc1ccc(S(=O)(=O)N2CCn3cccc3[C@@H]2c2ccc(F)cc2)cc1. The standard InChI is InChI=1S/C20H19FN2O2S/c1-15-4-10-18(11-5-15)26(24,25)23-14-13-22-12-2-3-19(22)20(23)16-6-8-17(21)9-7-16/h2-12,20H,13-14H2,1H3/t20-/m0/s1. The Hall–Kier alpha value is -2.44. The van der Waals surface area contributed by atoms with Gasteiger partial charge in [-0.1, -0.05) is 29.8 Å². The van der Waals surface area contributed by atoms with Crippen molar-refractivity contribution in [1.82, 2.24) is 8.87 Å². The molecular formula is C20H19FN2O2S. The summed E-state index contributed by atoms with van der Waals surface area (Å²) < 4.78 is 43.6. The molecule has 4 rings (SSSR count). The van der Waals surface area contributed by atoms with Gasteiger partial charge in [-0.2, -0.15) is 4.31 Å². The van der Waals surface area contributed by atoms with Crippen LogP contribution in [0.2, 0.25) is 0 Å². The summed E-state index contributed by atoms with van der Waals surface area (Å²) in [5.74, 6) is -0.340. The van der Waals surface area contributed by atoms with Gasteiger partial charge in [0, 0.05) is 25.0 Å². The van der Waals surface area contributed by atoms with Crippen molar-refractivity contribution >= 4 is 10.0 Å². The molecule has 6 heteroatoms. The van der Waals surface area contributed by atoms with Gasteiger partial charge in [0.2, 0.25) is 10.0 Å². The Bertz CT molecular complexity index is 1020. The molecule has 0 saturated carbocycles. The summed E-state index contributed by atoms with van der Waals surface area (Å²) in [6.07, 6.45) is 1.95. The van der Waals surface area contributed by atoms with Crippen LogP contribution in [0.1, 0.15) is 22.9 Å². The molecule has 3 aromatic rings. The number of hydrogen-bond donors (Lipinski definition) is 0. The molecule has 1 aliphatic rings. The fraction of sp³-hybridized carbons (Fsp3) is 0.200. The topological polar surface area (TPSA) is 42.3 Å². The van der Waals surface area contributed by atoms with E-state index in [0.29, 0.717) is 13.1 Å². The number of halogens is 1. The molecule has 0 saturated heterocycles. The molecule has 0 aliphatic carbocycles. The first-order chi connectivity index (χ1) is 12.5. The number of nitrogens with zero attached hydrogens (tertiary/aromatic N) is 2. The minimum atomic E-state index is -3.68. The van der Waals surface area contributed by atoms with Crippen LogP contribution in [0.4, 0.5) is 4.39 Å². The van der Waals surface area contributed by atoms with Crippen molar-refractivity contribution in [3.8, 4) is 0 Å². The van der Waals surface area contributed by atoms with Crippen LogP contribution in [0, 0.1) is 12.7 Å². The number of fused-ring (bicyclic) bond motifs is 1. The molecule has 2 heterocycles. The molecule has 0 spiro atoms. The first-order valence-corrected chi connectivity index (χ1v) is 9.90. The van der Waals surface area contributed by atoms with E-state index in [0.717, 1.165) is 16.8 Å². The first-order valence-electron chi connectivity index (χ1n) is 8.46. The predicted octanol–water partition coefficient (Wildman–Crippen LogP) is 3.73. The van der Waals surface area contributed by atoms with E-state index in [1.165, 1.54) is 16.4 Å². The zero-order chi connectivity index (χ0) is 18.3. The quantitative estimate of drug-likeness (QED) is 0.705. The van der Waals surface area contributed by atoms with Crippen molar-refractivity contribution in [2.24, 2.45) is 0 Å². The van der Waals surface area contributed by atoms with Gasteiger partial charge in [-0.15, -0.1) is 0 Å². The Balaban J connectivity index is 1.83. The van der Waals surface area contributed by atoms with Gasteiger partial charge in [-0.05, 0) is 48.9 Å². The Morgan fingerprint density at radius 3 is 2.35 bits per heavy atom. The van der Waals surface area contributed by atoms with Gasteiger partial charge in [-0.3, -0.25) is 0 Å². The van der Waals surface area contributed by atoms with Gasteiger partial charge in [-0.25, -0.2) is 12.8 Å². The lowest BCUT2D eigenvalue weighted by Gasteiger charge is -2.36. The molecule has 2 aromatic carbocycles. The molecule has 26 heavy (non-hydrogen) atoms. The second-order valence-electron chi connectivity index (χ2n) is 6.51. The number of benzene rings is 2. The molecule has 0 radical (unpaired) electrons. The number of sulfonamides is 1. The van der Waals surface area contributed by atoms with Crippen molar-refractivity contribution in [3.05, 3.63) is 89.5 Å². The summed E-state index contributed by atoms with van der Waals surface area (Å²) in [6.45, 7) is 2.87. The number of aryl methyl sites for hydroxylation is 1. The number of rotatable bonds is 3. The van der Waals surface area contributed by atoms with Crippen LogP contribution < -0.4 is 0 Å². The smallest absolute Gasteiger partial charge is 0.244 e. The Labute approximate surface area is 152 Å². The number of aromatic nitrogens is 1. The molecule has 0 fully saturated rings. The van der Waals surface area contributed by atoms with Crippen LogP contribution in [0.15, 0.2) is 71.8 Å². The second kappa shape index (κ2) is 6.37. The molecule has 0 bridgehead atoms. The van der Waals surface area contributed by atoms with E-state index in [4.69, 9.17) is 0 Å². The van der Waals surface area contributed by atoms with Gasteiger partial charge in [0.25, 0.3) is 0 Å². The van der Waals surface area contributed by atoms with Gasteiger partial charge in [0.05, 0.1) is 10.9 Å². The summed E-state index contributed by atoms with van der Waals surface area (Å²) in [6, 6.07) is 16.3. The van der Waals surface area contributed by atoms with Crippen molar-refractivity contribution in [3.63, 3.8) is 0 Å². The average molecular weight is 370 g/mol. The highest BCUT2D eigenvalue weighted by atomic mass is 32.2. The van der Waals surface area contributed by atoms with E-state index >= 15 is 0 Å². The van der Waals surface area contributed by atoms with Crippen molar-refractivity contribution in [2.75, 3.05) is 6.54 Å². The molecule has 0 amide bonds. The molecule has 134 valence electrons. The van der Waals surface area contributed by atoms with Gasteiger partial charge in [0.15, 0.2) is 0 Å². The third-order valence-electron chi connectivity index (χ3n) is 4.81.